The van der Waals surface area contributed by atoms with Gasteiger partial charge in [0.05, 0.1) is 11.8 Å². The smallest absolute Gasteiger partial charge is 0.179 e. The third-order valence-corrected chi connectivity index (χ3v) is 3.20. The fourth-order valence-corrected chi connectivity index (χ4v) is 2.32. The second kappa shape index (κ2) is 3.82. The Morgan fingerprint density at radius 3 is 2.94 bits per heavy atom. The minimum Gasteiger partial charge on any atom is -0.457 e. The minimum absolute atomic E-state index is 0.403. The number of aromatic nitrogens is 4. The van der Waals surface area contributed by atoms with E-state index < -0.39 is 0 Å². The lowest BCUT2D eigenvalue weighted by Crippen LogP contribution is -1.97. The first-order chi connectivity index (χ1) is 8.16. The molecule has 5 nitrogen and oxygen atoms in total. The van der Waals surface area contributed by atoms with Crippen molar-refractivity contribution in [3.8, 4) is 11.4 Å². The Bertz CT molecular complexity index is 705. The maximum atomic E-state index is 5.87. The van der Waals surface area contributed by atoms with E-state index >= 15 is 0 Å². The van der Waals surface area contributed by atoms with Gasteiger partial charge >= 0.3 is 0 Å². The van der Waals surface area contributed by atoms with Crippen LogP contribution in [-0.4, -0.2) is 19.6 Å². The van der Waals surface area contributed by atoms with Gasteiger partial charge in [0.15, 0.2) is 16.1 Å². The van der Waals surface area contributed by atoms with Crippen molar-refractivity contribution in [2.45, 2.75) is 6.92 Å². The van der Waals surface area contributed by atoms with Crippen LogP contribution >= 0.6 is 27.5 Å². The van der Waals surface area contributed by atoms with Crippen molar-refractivity contribution in [2.24, 2.45) is 0 Å². The maximum absolute atomic E-state index is 5.87. The van der Waals surface area contributed by atoms with E-state index in [1.54, 1.807) is 12.3 Å². The Morgan fingerprint density at radius 1 is 1.41 bits per heavy atom. The lowest BCUT2D eigenvalue weighted by Gasteiger charge is -2.01. The molecule has 17 heavy (non-hydrogen) atoms. The van der Waals surface area contributed by atoms with Gasteiger partial charge in [0, 0.05) is 6.07 Å². The number of hydrogen-bond donors (Lipinski definition) is 0. The highest BCUT2D eigenvalue weighted by Gasteiger charge is 2.15. The molecule has 3 aromatic rings. The molecule has 0 saturated heterocycles. The summed E-state index contributed by atoms with van der Waals surface area (Å²) in [4.78, 5) is 4.18. The second-order valence-corrected chi connectivity index (χ2v) is 4.56. The molecule has 3 rings (SSSR count). The summed E-state index contributed by atoms with van der Waals surface area (Å²) >= 11 is 9.19. The quantitative estimate of drug-likeness (QED) is 0.648. The number of nitrogens with zero attached hydrogens (tertiary/aromatic N) is 4. The molecule has 0 amide bonds. The largest absolute Gasteiger partial charge is 0.457 e. The first-order valence-electron chi connectivity index (χ1n) is 4.78. The highest BCUT2D eigenvalue weighted by atomic mass is 79.9. The highest BCUT2D eigenvalue weighted by molar-refractivity contribution is 9.10. The summed E-state index contributed by atoms with van der Waals surface area (Å²) in [5.74, 6) is 1.39. The number of rotatable bonds is 1. The number of halogens is 2. The molecule has 0 unspecified atom stereocenters. The molecule has 0 aliphatic heterocycles. The van der Waals surface area contributed by atoms with Gasteiger partial charge in [-0.2, -0.15) is 0 Å². The van der Waals surface area contributed by atoms with Crippen molar-refractivity contribution >= 4 is 33.2 Å². The van der Waals surface area contributed by atoms with Gasteiger partial charge in [0.2, 0.25) is 0 Å². The van der Waals surface area contributed by atoms with Crippen LogP contribution in [0, 0.1) is 6.92 Å². The van der Waals surface area contributed by atoms with E-state index in [4.69, 9.17) is 16.0 Å². The van der Waals surface area contributed by atoms with Crippen LogP contribution in [0.2, 0.25) is 5.15 Å². The Kier molecular flexibility index (Phi) is 2.41. The number of furan rings is 1. The monoisotopic (exact) mass is 312 g/mol. The molecule has 0 spiro atoms. The van der Waals surface area contributed by atoms with E-state index in [9.17, 15) is 0 Å². The number of hydrogen-bond acceptors (Lipinski definition) is 4. The van der Waals surface area contributed by atoms with Gasteiger partial charge in [0.25, 0.3) is 0 Å². The van der Waals surface area contributed by atoms with Crippen LogP contribution < -0.4 is 0 Å². The van der Waals surface area contributed by atoms with Gasteiger partial charge in [-0.25, -0.2) is 4.98 Å². The summed E-state index contributed by atoms with van der Waals surface area (Å²) in [6.07, 6.45) is 1.58. The Morgan fingerprint density at radius 2 is 2.24 bits per heavy atom. The molecule has 0 fully saturated rings. The van der Waals surface area contributed by atoms with E-state index in [0.29, 0.717) is 21.3 Å². The summed E-state index contributed by atoms with van der Waals surface area (Å²) in [7, 11) is 0. The summed E-state index contributed by atoms with van der Waals surface area (Å²) in [5, 5.41) is 8.59. The predicted molar refractivity (Wildman–Crippen MR) is 65.9 cm³/mol. The van der Waals surface area contributed by atoms with Crippen LogP contribution in [-0.2, 0) is 0 Å². The van der Waals surface area contributed by atoms with Crippen molar-refractivity contribution in [3.05, 3.63) is 34.0 Å². The zero-order chi connectivity index (χ0) is 12.0. The average Bonchev–Trinajstić information content (AvgIpc) is 2.83. The van der Waals surface area contributed by atoms with Crippen molar-refractivity contribution in [2.75, 3.05) is 0 Å². The topological polar surface area (TPSA) is 56.2 Å². The molecule has 0 aromatic carbocycles. The molecule has 3 heterocycles. The van der Waals surface area contributed by atoms with Crippen molar-refractivity contribution < 1.29 is 4.42 Å². The molecular formula is C10H6BrClN4O. The third-order valence-electron chi connectivity index (χ3n) is 2.39. The first-order valence-corrected chi connectivity index (χ1v) is 5.95. The maximum Gasteiger partial charge on any atom is 0.179 e. The van der Waals surface area contributed by atoms with Crippen LogP contribution in [0.3, 0.4) is 0 Å². The second-order valence-electron chi connectivity index (χ2n) is 3.45. The molecule has 0 N–H and O–H groups in total. The number of fused-ring (bicyclic) bond motifs is 1. The Balaban J connectivity index is 2.36. The molecule has 86 valence electrons. The van der Waals surface area contributed by atoms with E-state index in [1.165, 1.54) is 0 Å². The Hall–Kier alpha value is -1.40. The van der Waals surface area contributed by atoms with Crippen LogP contribution in [0.1, 0.15) is 5.82 Å². The van der Waals surface area contributed by atoms with Gasteiger partial charge in [-0.1, -0.05) is 11.6 Å². The van der Waals surface area contributed by atoms with E-state index in [2.05, 4.69) is 31.1 Å². The fraction of sp³-hybridized carbons (Fsp3) is 0.100. The van der Waals surface area contributed by atoms with Crippen LogP contribution in [0.25, 0.3) is 17.0 Å². The molecule has 3 aromatic heterocycles. The lowest BCUT2D eigenvalue weighted by molar-refractivity contribution is 0.542. The predicted octanol–water partition coefficient (Wildman–Crippen LogP) is 3.11. The standard InChI is InChI=1S/C10H6BrClN4O/c1-5-13-7(12)4-8-14-15-10(16(5)8)6-2-3-17-9(6)11/h2-4H,1H3. The van der Waals surface area contributed by atoms with Gasteiger partial charge in [0.1, 0.15) is 11.0 Å². The molecule has 0 radical (unpaired) electrons. The summed E-state index contributed by atoms with van der Waals surface area (Å²) in [6, 6.07) is 3.48. The molecular weight excluding hydrogens is 307 g/mol. The number of aryl methyl sites for hydroxylation is 1. The zero-order valence-corrected chi connectivity index (χ0v) is 11.0. The zero-order valence-electron chi connectivity index (χ0n) is 8.69. The Labute approximate surface area is 110 Å². The lowest BCUT2D eigenvalue weighted by atomic mass is 10.3. The van der Waals surface area contributed by atoms with Crippen molar-refractivity contribution in [1.82, 2.24) is 19.6 Å². The van der Waals surface area contributed by atoms with E-state index in [1.807, 2.05) is 17.4 Å². The molecule has 0 aliphatic rings. The molecule has 0 atom stereocenters. The van der Waals surface area contributed by atoms with Gasteiger partial charge < -0.3 is 4.42 Å². The molecule has 0 saturated carbocycles. The summed E-state index contributed by atoms with van der Waals surface area (Å²) < 4.78 is 7.62. The SMILES string of the molecule is Cc1nc(Cl)cc2nnc(-c3ccoc3Br)n12. The minimum atomic E-state index is 0.403. The third kappa shape index (κ3) is 1.64. The van der Waals surface area contributed by atoms with Crippen LogP contribution in [0.15, 0.2) is 27.5 Å². The summed E-state index contributed by atoms with van der Waals surface area (Å²) in [5.41, 5.74) is 1.48. The fourth-order valence-electron chi connectivity index (χ4n) is 1.68. The molecule has 0 aliphatic carbocycles. The van der Waals surface area contributed by atoms with Crippen molar-refractivity contribution in [1.29, 1.82) is 0 Å². The van der Waals surface area contributed by atoms with Crippen LogP contribution in [0.4, 0.5) is 0 Å². The van der Waals surface area contributed by atoms with E-state index in [-0.39, 0.29) is 0 Å². The molecule has 0 bridgehead atoms. The van der Waals surface area contributed by atoms with E-state index in [0.717, 1.165) is 11.4 Å². The summed E-state index contributed by atoms with van der Waals surface area (Å²) in [6.45, 7) is 1.85. The normalized spacial score (nSPS) is 11.2. The first kappa shape index (κ1) is 10.7. The van der Waals surface area contributed by atoms with Gasteiger partial charge in [-0.15, -0.1) is 10.2 Å². The van der Waals surface area contributed by atoms with Gasteiger partial charge in [-0.05, 0) is 28.9 Å². The van der Waals surface area contributed by atoms with Crippen LogP contribution in [0.5, 0.6) is 0 Å². The van der Waals surface area contributed by atoms with Gasteiger partial charge in [-0.3, -0.25) is 4.40 Å². The van der Waals surface area contributed by atoms with Crippen molar-refractivity contribution in [3.63, 3.8) is 0 Å². The highest BCUT2D eigenvalue weighted by Crippen LogP contribution is 2.28. The molecule has 7 heteroatoms. The average molecular weight is 314 g/mol.